The van der Waals surface area contributed by atoms with E-state index in [4.69, 9.17) is 9.47 Å². The molecule has 1 unspecified atom stereocenters. The number of fused-ring (bicyclic) bond motifs is 1. The molecular weight excluding hydrogens is 755 g/mol. The van der Waals surface area contributed by atoms with Crippen molar-refractivity contribution in [2.45, 2.75) is 50.6 Å². The minimum Gasteiger partial charge on any atom is -0.429 e. The molecule has 2 heterocycles. The number of nitrogens with one attached hydrogen (secondary N) is 3. The van der Waals surface area contributed by atoms with Crippen LogP contribution in [0.2, 0.25) is 0 Å². The number of carbonyl (C=O) groups is 5. The van der Waals surface area contributed by atoms with Gasteiger partial charge in [-0.05, 0) is 49.7 Å². The molecule has 3 N–H and O–H groups in total. The van der Waals surface area contributed by atoms with Gasteiger partial charge in [0.15, 0.2) is 5.60 Å². The minimum atomic E-state index is -5.07. The lowest BCUT2D eigenvalue weighted by molar-refractivity contribution is -0.385. The molecule has 0 aliphatic carbocycles. The number of alkyl halides is 5. The Morgan fingerprint density at radius 3 is 2.36 bits per heavy atom. The molecule has 4 aromatic rings. The molecule has 1 fully saturated rings. The largest absolute Gasteiger partial charge is 0.509 e. The molecule has 1 atom stereocenters. The molecule has 0 radical (unpaired) electrons. The number of benzene rings is 3. The summed E-state index contributed by atoms with van der Waals surface area (Å²) >= 11 is 0. The zero-order valence-electron chi connectivity index (χ0n) is 29.3. The Balaban J connectivity index is 1.13. The van der Waals surface area contributed by atoms with E-state index in [1.165, 1.54) is 36.5 Å². The number of nitro groups is 1. The van der Waals surface area contributed by atoms with Gasteiger partial charge in [-0.3, -0.25) is 34.3 Å². The van der Waals surface area contributed by atoms with Crippen LogP contribution in [0.1, 0.15) is 41.8 Å². The van der Waals surface area contributed by atoms with Gasteiger partial charge in [0.05, 0.1) is 40.3 Å². The molecule has 1 saturated heterocycles. The zero-order valence-corrected chi connectivity index (χ0v) is 29.3. The number of halogens is 5. The van der Waals surface area contributed by atoms with Crippen LogP contribution in [0.15, 0.2) is 79.0 Å². The third-order valence-corrected chi connectivity index (χ3v) is 8.42. The summed E-state index contributed by atoms with van der Waals surface area (Å²) in [6.45, 7) is -0.0190. The van der Waals surface area contributed by atoms with Crippen molar-refractivity contribution in [2.75, 3.05) is 23.7 Å². The third kappa shape index (κ3) is 9.68. The van der Waals surface area contributed by atoms with Crippen LogP contribution in [0.4, 0.5) is 43.8 Å². The number of aromatic nitrogens is 1. The molecule has 3 aromatic carbocycles. The second-order valence-corrected chi connectivity index (χ2v) is 12.9. The first kappa shape index (κ1) is 40.5. The molecule has 20 heteroatoms. The van der Waals surface area contributed by atoms with E-state index in [-0.39, 0.29) is 17.3 Å². The molecule has 56 heavy (non-hydrogen) atoms. The SMILES string of the molecule is CC(C)(OC(=O)OCc1ccc(NC(=O)C2CC(F)(F)CN2C(=O)CNC(=O)c2ccnc3ccccc23)cc1)C(=O)Nc1ccc([N+](=O)[O-])cc1C(F)(F)F. The number of nitro benzene ring substituents is 1. The average Bonchev–Trinajstić information content (AvgIpc) is 3.48. The summed E-state index contributed by atoms with van der Waals surface area (Å²) in [5, 5.41) is 18.3. The van der Waals surface area contributed by atoms with Gasteiger partial charge in [-0.25, -0.2) is 13.6 Å². The van der Waals surface area contributed by atoms with Crippen molar-refractivity contribution in [1.82, 2.24) is 15.2 Å². The molecular formula is C36H31F5N6O9. The highest BCUT2D eigenvalue weighted by atomic mass is 19.4. The van der Waals surface area contributed by atoms with Gasteiger partial charge in [0.2, 0.25) is 11.8 Å². The Kier molecular flexibility index (Phi) is 11.5. The molecule has 0 saturated carbocycles. The van der Waals surface area contributed by atoms with Gasteiger partial charge in [0.25, 0.3) is 23.4 Å². The van der Waals surface area contributed by atoms with Gasteiger partial charge in [0.1, 0.15) is 12.6 Å². The van der Waals surface area contributed by atoms with Gasteiger partial charge < -0.3 is 30.3 Å². The average molecular weight is 787 g/mol. The molecule has 5 rings (SSSR count). The number of likely N-dealkylation sites (tertiary alicyclic amines) is 1. The molecule has 0 spiro atoms. The fourth-order valence-electron chi connectivity index (χ4n) is 5.56. The lowest BCUT2D eigenvalue weighted by Crippen LogP contribution is -2.47. The van der Waals surface area contributed by atoms with Crippen molar-refractivity contribution in [3.63, 3.8) is 0 Å². The van der Waals surface area contributed by atoms with Crippen LogP contribution in [-0.2, 0) is 36.6 Å². The van der Waals surface area contributed by atoms with Crippen LogP contribution in [0, 0.1) is 10.1 Å². The van der Waals surface area contributed by atoms with Crippen molar-refractivity contribution in [1.29, 1.82) is 0 Å². The Morgan fingerprint density at radius 2 is 1.68 bits per heavy atom. The van der Waals surface area contributed by atoms with Crippen LogP contribution >= 0.6 is 0 Å². The highest BCUT2D eigenvalue weighted by Crippen LogP contribution is 2.38. The van der Waals surface area contributed by atoms with E-state index in [1.807, 2.05) is 5.32 Å². The van der Waals surface area contributed by atoms with Gasteiger partial charge in [-0.2, -0.15) is 13.2 Å². The smallest absolute Gasteiger partial charge is 0.429 e. The quantitative estimate of drug-likeness (QED) is 0.0719. The lowest BCUT2D eigenvalue weighted by Gasteiger charge is -2.24. The minimum absolute atomic E-state index is 0.129. The number of non-ortho nitro benzene ring substituents is 1. The second kappa shape index (κ2) is 15.9. The third-order valence-electron chi connectivity index (χ3n) is 8.42. The summed E-state index contributed by atoms with van der Waals surface area (Å²) in [6, 6.07) is 13.8. The van der Waals surface area contributed by atoms with Crippen LogP contribution < -0.4 is 16.0 Å². The lowest BCUT2D eigenvalue weighted by atomic mass is 10.1. The van der Waals surface area contributed by atoms with Gasteiger partial charge >= 0.3 is 12.3 Å². The fourth-order valence-corrected chi connectivity index (χ4v) is 5.56. The number of nitrogens with zero attached hydrogens (tertiary/aromatic N) is 3. The standard InChI is InChI=1S/C36H31F5N6O9/c1-34(2,32(51)45-27-12-11-22(47(53)54)15-25(27)36(39,40)41)56-33(52)55-18-20-7-9-21(10-8-20)44-31(50)28-16-35(37,38)19-46(28)29(48)17-43-30(49)24-13-14-42-26-6-4-3-5-23(24)26/h3-15,28H,16-19H2,1-2H3,(H,43,49)(H,44,50)(H,45,51). The summed E-state index contributed by atoms with van der Waals surface area (Å²) in [6.07, 6.45) is -6.01. The Hall–Kier alpha value is -6.73. The van der Waals surface area contributed by atoms with Crippen molar-refractivity contribution in [3.8, 4) is 0 Å². The number of anilines is 2. The normalized spacial score (nSPS) is 15.1. The first-order valence-corrected chi connectivity index (χ1v) is 16.5. The summed E-state index contributed by atoms with van der Waals surface area (Å²) < 4.78 is 79.5. The topological polar surface area (TPSA) is 199 Å². The Bertz CT molecular complexity index is 2190. The van der Waals surface area contributed by atoms with Gasteiger partial charge in [0, 0.05) is 35.8 Å². The van der Waals surface area contributed by atoms with E-state index in [0.29, 0.717) is 27.4 Å². The molecule has 1 aliphatic heterocycles. The first-order valence-electron chi connectivity index (χ1n) is 16.5. The molecule has 0 bridgehead atoms. The molecule has 4 amide bonds. The van der Waals surface area contributed by atoms with Crippen LogP contribution in [-0.4, -0.2) is 75.2 Å². The van der Waals surface area contributed by atoms with Crippen molar-refractivity contribution < 1.29 is 60.3 Å². The van der Waals surface area contributed by atoms with E-state index in [1.54, 1.807) is 24.3 Å². The Labute approximate surface area is 313 Å². The number of ether oxygens (including phenoxy) is 2. The van der Waals surface area contributed by atoms with Crippen LogP contribution in [0.3, 0.4) is 0 Å². The van der Waals surface area contributed by atoms with E-state index in [2.05, 4.69) is 15.6 Å². The van der Waals surface area contributed by atoms with E-state index < -0.39 is 102 Å². The number of hydrogen-bond acceptors (Lipinski definition) is 10. The highest BCUT2D eigenvalue weighted by molar-refractivity contribution is 6.07. The molecule has 15 nitrogen and oxygen atoms in total. The summed E-state index contributed by atoms with van der Waals surface area (Å²) in [4.78, 5) is 78.8. The Morgan fingerprint density at radius 1 is 0.982 bits per heavy atom. The zero-order chi connectivity index (χ0) is 41.0. The van der Waals surface area contributed by atoms with Gasteiger partial charge in [-0.1, -0.05) is 30.3 Å². The number of hydrogen-bond donors (Lipinski definition) is 3. The number of para-hydroxylation sites is 1. The maximum Gasteiger partial charge on any atom is 0.509 e. The van der Waals surface area contributed by atoms with Crippen LogP contribution in [0.25, 0.3) is 10.9 Å². The maximum absolute atomic E-state index is 14.5. The summed E-state index contributed by atoms with van der Waals surface area (Å²) in [5.41, 5.74) is -4.05. The number of amides is 4. The van der Waals surface area contributed by atoms with E-state index in [0.717, 1.165) is 19.9 Å². The maximum atomic E-state index is 14.5. The van der Waals surface area contributed by atoms with Crippen molar-refractivity contribution >= 4 is 57.7 Å². The van der Waals surface area contributed by atoms with E-state index in [9.17, 15) is 56.0 Å². The summed E-state index contributed by atoms with van der Waals surface area (Å²) in [7, 11) is 0. The number of carbonyl (C=O) groups excluding carboxylic acids is 5. The van der Waals surface area contributed by atoms with Crippen molar-refractivity contribution in [2.24, 2.45) is 0 Å². The molecule has 1 aliphatic rings. The monoisotopic (exact) mass is 786 g/mol. The predicted octanol–water partition coefficient (Wildman–Crippen LogP) is 5.84. The highest BCUT2D eigenvalue weighted by Gasteiger charge is 2.50. The second-order valence-electron chi connectivity index (χ2n) is 12.9. The molecule has 1 aromatic heterocycles. The predicted molar refractivity (Wildman–Crippen MR) is 186 cm³/mol. The number of pyridine rings is 1. The molecule has 294 valence electrons. The van der Waals surface area contributed by atoms with Crippen LogP contribution in [0.5, 0.6) is 0 Å². The van der Waals surface area contributed by atoms with E-state index >= 15 is 0 Å². The fraction of sp³-hybridized carbons (Fsp3) is 0.278. The number of rotatable bonds is 11. The summed E-state index contributed by atoms with van der Waals surface area (Å²) in [5.74, 6) is -7.07. The van der Waals surface area contributed by atoms with Crippen molar-refractivity contribution in [3.05, 3.63) is 106 Å². The first-order chi connectivity index (χ1) is 26.2. The van der Waals surface area contributed by atoms with Gasteiger partial charge in [-0.15, -0.1) is 0 Å².